The molecule has 3 heteroatoms. The van der Waals surface area contributed by atoms with Crippen LogP contribution in [0.25, 0.3) is 0 Å². The SMILES string of the molecule is CCCNC(C)(CO)CCN(CCC)CCC. The van der Waals surface area contributed by atoms with Crippen molar-refractivity contribution in [1.82, 2.24) is 10.2 Å². The zero-order valence-electron chi connectivity index (χ0n) is 12.3. The number of nitrogens with zero attached hydrogens (tertiary/aromatic N) is 1. The van der Waals surface area contributed by atoms with Crippen LogP contribution in [0.2, 0.25) is 0 Å². The van der Waals surface area contributed by atoms with Gasteiger partial charge in [-0.1, -0.05) is 20.8 Å². The lowest BCUT2D eigenvalue weighted by Gasteiger charge is -2.32. The quantitative estimate of drug-likeness (QED) is 0.585. The van der Waals surface area contributed by atoms with E-state index >= 15 is 0 Å². The van der Waals surface area contributed by atoms with E-state index in [1.807, 2.05) is 0 Å². The van der Waals surface area contributed by atoms with Gasteiger partial charge in [0.15, 0.2) is 0 Å². The minimum Gasteiger partial charge on any atom is -0.394 e. The summed E-state index contributed by atoms with van der Waals surface area (Å²) in [6, 6.07) is 0. The molecule has 0 aromatic rings. The Labute approximate surface area is 108 Å². The van der Waals surface area contributed by atoms with E-state index in [-0.39, 0.29) is 12.1 Å². The molecule has 3 nitrogen and oxygen atoms in total. The van der Waals surface area contributed by atoms with Crippen molar-refractivity contribution in [3.63, 3.8) is 0 Å². The average molecular weight is 244 g/mol. The largest absolute Gasteiger partial charge is 0.394 e. The normalized spacial score (nSPS) is 15.2. The van der Waals surface area contributed by atoms with Crippen LogP contribution in [-0.2, 0) is 0 Å². The van der Waals surface area contributed by atoms with Crippen molar-refractivity contribution in [2.75, 3.05) is 32.8 Å². The van der Waals surface area contributed by atoms with E-state index in [0.29, 0.717) is 0 Å². The lowest BCUT2D eigenvalue weighted by molar-refractivity contribution is 0.145. The van der Waals surface area contributed by atoms with Crippen LogP contribution in [0.4, 0.5) is 0 Å². The molecule has 0 saturated carbocycles. The Morgan fingerprint density at radius 3 is 2.00 bits per heavy atom. The molecule has 0 aromatic carbocycles. The van der Waals surface area contributed by atoms with Gasteiger partial charge in [0.1, 0.15) is 0 Å². The van der Waals surface area contributed by atoms with E-state index in [0.717, 1.165) is 25.9 Å². The summed E-state index contributed by atoms with van der Waals surface area (Å²) in [4.78, 5) is 2.50. The second-order valence-electron chi connectivity index (χ2n) is 5.24. The lowest BCUT2D eigenvalue weighted by Crippen LogP contribution is -2.48. The van der Waals surface area contributed by atoms with Crippen LogP contribution in [0.5, 0.6) is 0 Å². The average Bonchev–Trinajstić information content (AvgIpc) is 2.34. The molecule has 0 bridgehead atoms. The van der Waals surface area contributed by atoms with E-state index in [4.69, 9.17) is 0 Å². The fraction of sp³-hybridized carbons (Fsp3) is 1.00. The highest BCUT2D eigenvalue weighted by molar-refractivity contribution is 4.83. The van der Waals surface area contributed by atoms with Gasteiger partial charge in [-0.15, -0.1) is 0 Å². The molecule has 0 aliphatic rings. The summed E-state index contributed by atoms with van der Waals surface area (Å²) in [5.74, 6) is 0. The minimum absolute atomic E-state index is 0.115. The Morgan fingerprint density at radius 1 is 1.00 bits per heavy atom. The third-order valence-electron chi connectivity index (χ3n) is 3.21. The molecule has 0 aliphatic carbocycles. The summed E-state index contributed by atoms with van der Waals surface area (Å²) in [7, 11) is 0. The smallest absolute Gasteiger partial charge is 0.0611 e. The maximum atomic E-state index is 9.50. The molecule has 17 heavy (non-hydrogen) atoms. The molecule has 0 amide bonds. The second-order valence-corrected chi connectivity index (χ2v) is 5.24. The monoisotopic (exact) mass is 244 g/mol. The maximum absolute atomic E-state index is 9.50. The van der Waals surface area contributed by atoms with Gasteiger partial charge in [0.25, 0.3) is 0 Å². The summed E-state index contributed by atoms with van der Waals surface area (Å²) in [5, 5.41) is 13.0. The van der Waals surface area contributed by atoms with Crippen LogP contribution >= 0.6 is 0 Å². The van der Waals surface area contributed by atoms with Crippen LogP contribution < -0.4 is 5.32 Å². The molecule has 2 N–H and O–H groups in total. The number of hydrogen-bond donors (Lipinski definition) is 2. The number of hydrogen-bond acceptors (Lipinski definition) is 3. The molecule has 1 unspecified atom stereocenters. The first-order chi connectivity index (χ1) is 8.11. The van der Waals surface area contributed by atoms with E-state index in [2.05, 4.69) is 37.9 Å². The molecule has 0 radical (unpaired) electrons. The second kappa shape index (κ2) is 9.86. The van der Waals surface area contributed by atoms with Crippen molar-refractivity contribution in [2.45, 2.75) is 58.9 Å². The summed E-state index contributed by atoms with van der Waals surface area (Å²) < 4.78 is 0. The molecule has 1 atom stereocenters. The summed E-state index contributed by atoms with van der Waals surface area (Å²) >= 11 is 0. The van der Waals surface area contributed by atoms with Crippen LogP contribution in [0, 0.1) is 0 Å². The molecule has 104 valence electrons. The highest BCUT2D eigenvalue weighted by Crippen LogP contribution is 2.10. The van der Waals surface area contributed by atoms with Crippen molar-refractivity contribution in [1.29, 1.82) is 0 Å². The van der Waals surface area contributed by atoms with Crippen LogP contribution in [0.3, 0.4) is 0 Å². The highest BCUT2D eigenvalue weighted by Gasteiger charge is 2.22. The lowest BCUT2D eigenvalue weighted by atomic mass is 9.98. The first-order valence-electron chi connectivity index (χ1n) is 7.20. The Morgan fingerprint density at radius 2 is 1.59 bits per heavy atom. The number of aliphatic hydroxyl groups is 1. The van der Waals surface area contributed by atoms with Crippen molar-refractivity contribution in [2.24, 2.45) is 0 Å². The fourth-order valence-corrected chi connectivity index (χ4v) is 2.02. The van der Waals surface area contributed by atoms with Gasteiger partial charge in [0.2, 0.25) is 0 Å². The first kappa shape index (κ1) is 16.9. The predicted molar refractivity (Wildman–Crippen MR) is 75.4 cm³/mol. The molecule has 0 rings (SSSR count). The highest BCUT2D eigenvalue weighted by atomic mass is 16.3. The minimum atomic E-state index is -0.115. The molecule has 0 saturated heterocycles. The van der Waals surface area contributed by atoms with E-state index < -0.39 is 0 Å². The van der Waals surface area contributed by atoms with E-state index in [1.165, 1.54) is 25.9 Å². The van der Waals surface area contributed by atoms with Crippen LogP contribution in [-0.4, -0.2) is 48.3 Å². The number of rotatable bonds is 11. The zero-order chi connectivity index (χ0) is 13.1. The van der Waals surface area contributed by atoms with Gasteiger partial charge in [-0.25, -0.2) is 0 Å². The first-order valence-corrected chi connectivity index (χ1v) is 7.20. The molecule has 0 fully saturated rings. The van der Waals surface area contributed by atoms with Gasteiger partial charge in [-0.2, -0.15) is 0 Å². The van der Waals surface area contributed by atoms with Crippen LogP contribution in [0.15, 0.2) is 0 Å². The van der Waals surface area contributed by atoms with E-state index in [9.17, 15) is 5.11 Å². The van der Waals surface area contributed by atoms with Gasteiger partial charge < -0.3 is 15.3 Å². The molecular formula is C14H32N2O. The topological polar surface area (TPSA) is 35.5 Å². The third kappa shape index (κ3) is 7.74. The number of aliphatic hydroxyl groups excluding tert-OH is 1. The van der Waals surface area contributed by atoms with Crippen LogP contribution in [0.1, 0.15) is 53.4 Å². The fourth-order valence-electron chi connectivity index (χ4n) is 2.02. The Kier molecular flexibility index (Phi) is 9.79. The Hall–Kier alpha value is -0.120. The third-order valence-corrected chi connectivity index (χ3v) is 3.21. The molecule has 0 aliphatic heterocycles. The van der Waals surface area contributed by atoms with E-state index in [1.54, 1.807) is 0 Å². The Bertz CT molecular complexity index is 170. The molecule has 0 aromatic heterocycles. The van der Waals surface area contributed by atoms with Crippen molar-refractivity contribution in [3.05, 3.63) is 0 Å². The van der Waals surface area contributed by atoms with Crippen molar-refractivity contribution in [3.8, 4) is 0 Å². The summed E-state index contributed by atoms with van der Waals surface area (Å²) in [6.45, 7) is 13.4. The van der Waals surface area contributed by atoms with Gasteiger partial charge in [-0.3, -0.25) is 0 Å². The van der Waals surface area contributed by atoms with Gasteiger partial charge in [0.05, 0.1) is 6.61 Å². The van der Waals surface area contributed by atoms with Gasteiger partial charge in [0, 0.05) is 5.54 Å². The molecule has 0 spiro atoms. The Balaban J connectivity index is 4.07. The summed E-state index contributed by atoms with van der Waals surface area (Å²) in [5.41, 5.74) is -0.115. The predicted octanol–water partition coefficient (Wildman–Crippen LogP) is 2.25. The number of nitrogens with one attached hydrogen (secondary N) is 1. The zero-order valence-corrected chi connectivity index (χ0v) is 12.3. The summed E-state index contributed by atoms with van der Waals surface area (Å²) in [6.07, 6.45) is 4.54. The van der Waals surface area contributed by atoms with Crippen molar-refractivity contribution >= 4 is 0 Å². The standard InChI is InChI=1S/C14H32N2O/c1-5-9-15-14(4,13-17)8-12-16(10-6-2)11-7-3/h15,17H,5-13H2,1-4H3. The van der Waals surface area contributed by atoms with Crippen molar-refractivity contribution < 1.29 is 5.11 Å². The molecule has 0 heterocycles. The maximum Gasteiger partial charge on any atom is 0.0611 e. The van der Waals surface area contributed by atoms with Gasteiger partial charge >= 0.3 is 0 Å². The van der Waals surface area contributed by atoms with Gasteiger partial charge in [-0.05, 0) is 58.8 Å². The molecular weight excluding hydrogens is 212 g/mol.